The molecule has 0 spiro atoms. The molecule has 1 aromatic heterocycles. The van der Waals surface area contributed by atoms with Gasteiger partial charge in [-0.1, -0.05) is 17.3 Å². The van der Waals surface area contributed by atoms with Gasteiger partial charge in [0.2, 0.25) is 5.91 Å². The van der Waals surface area contributed by atoms with Crippen molar-refractivity contribution in [2.45, 2.75) is 12.7 Å². The number of aromatic carboxylic acids is 1. The first kappa shape index (κ1) is 15.5. The average Bonchev–Trinajstić information content (AvgIpc) is 2.86. The number of alkyl halides is 3. The van der Waals surface area contributed by atoms with Crippen LogP contribution in [-0.2, 0) is 17.5 Å². The second kappa shape index (κ2) is 5.84. The minimum absolute atomic E-state index is 0.372. The summed E-state index contributed by atoms with van der Waals surface area (Å²) in [5.41, 5.74) is -1.74. The highest BCUT2D eigenvalue weighted by atomic mass is 19.4. The van der Waals surface area contributed by atoms with Gasteiger partial charge in [0.05, 0.1) is 17.4 Å². The summed E-state index contributed by atoms with van der Waals surface area (Å²) in [5.74, 6) is -2.12. The van der Waals surface area contributed by atoms with E-state index in [1.54, 1.807) is 0 Å². The number of carboxylic acid groups (broad SMARTS) is 1. The van der Waals surface area contributed by atoms with Crippen LogP contribution in [0.25, 0.3) is 0 Å². The molecule has 0 aliphatic heterocycles. The summed E-state index contributed by atoms with van der Waals surface area (Å²) in [6.45, 7) is -0.466. The maximum absolute atomic E-state index is 12.8. The Morgan fingerprint density at radius 2 is 1.95 bits per heavy atom. The SMILES string of the molecule is O=C(Cn1cc(C(=O)O)nn1)Nc1ccccc1C(F)(F)F. The minimum atomic E-state index is -4.60. The van der Waals surface area contributed by atoms with Crippen LogP contribution in [0.1, 0.15) is 16.1 Å². The van der Waals surface area contributed by atoms with Crippen molar-refractivity contribution in [3.05, 3.63) is 41.7 Å². The third-order valence-corrected chi connectivity index (χ3v) is 2.57. The van der Waals surface area contributed by atoms with Crippen LogP contribution in [0.5, 0.6) is 0 Å². The molecule has 2 rings (SSSR count). The molecule has 0 saturated carbocycles. The summed E-state index contributed by atoms with van der Waals surface area (Å²) in [6, 6.07) is 4.51. The fourth-order valence-electron chi connectivity index (χ4n) is 1.65. The molecule has 0 aliphatic rings. The van der Waals surface area contributed by atoms with Crippen molar-refractivity contribution in [3.63, 3.8) is 0 Å². The molecule has 10 heteroatoms. The van der Waals surface area contributed by atoms with Gasteiger partial charge in [0.25, 0.3) is 0 Å². The molecule has 0 saturated heterocycles. The van der Waals surface area contributed by atoms with Crippen LogP contribution in [0.3, 0.4) is 0 Å². The molecule has 1 aromatic carbocycles. The number of nitrogens with one attached hydrogen (secondary N) is 1. The third-order valence-electron chi connectivity index (χ3n) is 2.57. The van der Waals surface area contributed by atoms with E-state index in [0.717, 1.165) is 23.0 Å². The molecule has 0 radical (unpaired) electrons. The van der Waals surface area contributed by atoms with E-state index in [1.165, 1.54) is 12.1 Å². The summed E-state index contributed by atoms with van der Waals surface area (Å²) < 4.78 is 39.2. The highest BCUT2D eigenvalue weighted by Crippen LogP contribution is 2.34. The molecular weight excluding hydrogens is 305 g/mol. The van der Waals surface area contributed by atoms with Gasteiger partial charge in [0.15, 0.2) is 5.69 Å². The number of nitrogens with zero attached hydrogens (tertiary/aromatic N) is 3. The molecule has 0 unspecified atom stereocenters. The van der Waals surface area contributed by atoms with E-state index in [1.807, 2.05) is 0 Å². The van der Waals surface area contributed by atoms with Gasteiger partial charge in [0.1, 0.15) is 6.54 Å². The number of para-hydroxylation sites is 1. The van der Waals surface area contributed by atoms with Crippen molar-refractivity contribution in [2.24, 2.45) is 0 Å². The van der Waals surface area contributed by atoms with Crippen molar-refractivity contribution in [1.29, 1.82) is 0 Å². The number of carbonyl (C=O) groups is 2. The second-order valence-electron chi connectivity index (χ2n) is 4.20. The number of halogens is 3. The first-order valence-corrected chi connectivity index (χ1v) is 5.87. The Hall–Kier alpha value is -2.91. The number of carbonyl (C=O) groups excluding carboxylic acids is 1. The zero-order valence-electron chi connectivity index (χ0n) is 10.8. The fourth-order valence-corrected chi connectivity index (χ4v) is 1.65. The molecular formula is C12H9F3N4O3. The number of amides is 1. The predicted molar refractivity (Wildman–Crippen MR) is 67.1 cm³/mol. The Bertz CT molecular complexity index is 712. The van der Waals surface area contributed by atoms with Crippen LogP contribution < -0.4 is 5.32 Å². The lowest BCUT2D eigenvalue weighted by Gasteiger charge is -2.13. The normalized spacial score (nSPS) is 11.2. The molecule has 2 N–H and O–H groups in total. The van der Waals surface area contributed by atoms with E-state index in [-0.39, 0.29) is 5.69 Å². The maximum atomic E-state index is 12.8. The van der Waals surface area contributed by atoms with E-state index in [0.29, 0.717) is 0 Å². The quantitative estimate of drug-likeness (QED) is 0.894. The molecule has 0 atom stereocenters. The first-order chi connectivity index (χ1) is 10.3. The molecule has 7 nitrogen and oxygen atoms in total. The fraction of sp³-hybridized carbons (Fsp3) is 0.167. The summed E-state index contributed by atoms with van der Waals surface area (Å²) in [5, 5.41) is 17.4. The largest absolute Gasteiger partial charge is 0.476 e. The van der Waals surface area contributed by atoms with Gasteiger partial charge in [-0.25, -0.2) is 9.48 Å². The van der Waals surface area contributed by atoms with Crippen molar-refractivity contribution < 1.29 is 27.9 Å². The molecule has 1 amide bonds. The van der Waals surface area contributed by atoms with Crippen LogP contribution in [0, 0.1) is 0 Å². The Balaban J connectivity index is 2.11. The number of carboxylic acids is 1. The van der Waals surface area contributed by atoms with Crippen LogP contribution in [0.15, 0.2) is 30.5 Å². The van der Waals surface area contributed by atoms with Crippen LogP contribution in [0.4, 0.5) is 18.9 Å². The zero-order valence-corrected chi connectivity index (χ0v) is 10.8. The van der Waals surface area contributed by atoms with Crippen molar-refractivity contribution >= 4 is 17.6 Å². The van der Waals surface area contributed by atoms with E-state index >= 15 is 0 Å². The highest BCUT2D eigenvalue weighted by molar-refractivity contribution is 5.91. The van der Waals surface area contributed by atoms with Crippen LogP contribution >= 0.6 is 0 Å². The molecule has 116 valence electrons. The second-order valence-corrected chi connectivity index (χ2v) is 4.20. The Kier molecular flexibility index (Phi) is 4.11. The van der Waals surface area contributed by atoms with Gasteiger partial charge < -0.3 is 10.4 Å². The van der Waals surface area contributed by atoms with Crippen LogP contribution in [0.2, 0.25) is 0 Å². The lowest BCUT2D eigenvalue weighted by molar-refractivity contribution is -0.137. The van der Waals surface area contributed by atoms with Crippen molar-refractivity contribution in [2.75, 3.05) is 5.32 Å². The lowest BCUT2D eigenvalue weighted by atomic mass is 10.1. The lowest BCUT2D eigenvalue weighted by Crippen LogP contribution is -2.21. The summed E-state index contributed by atoms with van der Waals surface area (Å²) in [7, 11) is 0. The van der Waals surface area contributed by atoms with Gasteiger partial charge in [-0.3, -0.25) is 4.79 Å². The Morgan fingerprint density at radius 3 is 2.55 bits per heavy atom. The first-order valence-electron chi connectivity index (χ1n) is 5.87. The van der Waals surface area contributed by atoms with Gasteiger partial charge >= 0.3 is 12.1 Å². The highest BCUT2D eigenvalue weighted by Gasteiger charge is 2.33. The topological polar surface area (TPSA) is 97.1 Å². The maximum Gasteiger partial charge on any atom is 0.418 e. The van der Waals surface area contributed by atoms with Crippen molar-refractivity contribution in [3.8, 4) is 0 Å². The smallest absolute Gasteiger partial charge is 0.418 e. The van der Waals surface area contributed by atoms with E-state index in [2.05, 4.69) is 15.6 Å². The van der Waals surface area contributed by atoms with Gasteiger partial charge in [-0.2, -0.15) is 13.2 Å². The number of benzene rings is 1. The van der Waals surface area contributed by atoms with Gasteiger partial charge in [0, 0.05) is 0 Å². The summed E-state index contributed by atoms with van der Waals surface area (Å²) >= 11 is 0. The summed E-state index contributed by atoms with van der Waals surface area (Å²) in [6.07, 6.45) is -3.61. The minimum Gasteiger partial charge on any atom is -0.476 e. The zero-order chi connectivity index (χ0) is 16.3. The number of hydrogen-bond acceptors (Lipinski definition) is 4. The number of anilines is 1. The van der Waals surface area contributed by atoms with Crippen LogP contribution in [-0.4, -0.2) is 32.0 Å². The molecule has 0 aliphatic carbocycles. The average molecular weight is 314 g/mol. The number of hydrogen-bond donors (Lipinski definition) is 2. The van der Waals surface area contributed by atoms with Crippen molar-refractivity contribution in [1.82, 2.24) is 15.0 Å². The summed E-state index contributed by atoms with van der Waals surface area (Å²) in [4.78, 5) is 22.3. The van der Waals surface area contributed by atoms with E-state index in [9.17, 15) is 22.8 Å². The molecule has 0 fully saturated rings. The Labute approximate surface area is 121 Å². The Morgan fingerprint density at radius 1 is 1.27 bits per heavy atom. The monoisotopic (exact) mass is 314 g/mol. The molecule has 0 bridgehead atoms. The van der Waals surface area contributed by atoms with Gasteiger partial charge in [-0.15, -0.1) is 5.10 Å². The molecule has 1 heterocycles. The standard InChI is InChI=1S/C12H9F3N4O3/c13-12(14,15)7-3-1-2-4-8(7)16-10(20)6-19-5-9(11(21)22)17-18-19/h1-5H,6H2,(H,16,20)(H,21,22). The third kappa shape index (κ3) is 3.59. The predicted octanol–water partition coefficient (Wildman–Crippen LogP) is 1.63. The number of rotatable bonds is 4. The van der Waals surface area contributed by atoms with E-state index < -0.39 is 35.8 Å². The molecule has 22 heavy (non-hydrogen) atoms. The number of aromatic nitrogens is 3. The molecule has 2 aromatic rings. The van der Waals surface area contributed by atoms with Gasteiger partial charge in [-0.05, 0) is 12.1 Å². The van der Waals surface area contributed by atoms with E-state index in [4.69, 9.17) is 5.11 Å².